The molecule has 1 aliphatic carbocycles. The van der Waals surface area contributed by atoms with Crippen LogP contribution in [0, 0.1) is 0 Å². The van der Waals surface area contributed by atoms with Crippen molar-refractivity contribution in [3.63, 3.8) is 0 Å². The molecule has 0 saturated heterocycles. The Morgan fingerprint density at radius 2 is 2.23 bits per heavy atom. The summed E-state index contributed by atoms with van der Waals surface area (Å²) >= 11 is 0. The predicted molar refractivity (Wildman–Crippen MR) is 50.2 cm³/mol. The second-order valence-electron chi connectivity index (χ2n) is 3.51. The number of anilines is 1. The average molecular weight is 174 g/mol. The molecule has 1 saturated carbocycles. The predicted octanol–water partition coefficient (Wildman–Crippen LogP) is 1.35. The molecule has 0 amide bonds. The minimum atomic E-state index is 0.577. The lowest BCUT2D eigenvalue weighted by Crippen LogP contribution is -1.95. The van der Waals surface area contributed by atoms with E-state index in [1.165, 1.54) is 12.8 Å². The summed E-state index contributed by atoms with van der Waals surface area (Å²) in [6.07, 6.45) is 2.45. The molecule has 13 heavy (non-hydrogen) atoms. The van der Waals surface area contributed by atoms with Gasteiger partial charge in [0.15, 0.2) is 0 Å². The van der Waals surface area contributed by atoms with Crippen molar-refractivity contribution in [2.45, 2.75) is 18.9 Å². The number of nitrogens with zero attached hydrogens (tertiary/aromatic N) is 3. The Kier molecular flexibility index (Phi) is 1.17. The molecule has 0 aliphatic heterocycles. The summed E-state index contributed by atoms with van der Waals surface area (Å²) in [4.78, 5) is 0. The minimum absolute atomic E-state index is 0.577. The maximum Gasteiger partial charge on any atom is 0.115 e. The molecule has 2 aromatic rings. The van der Waals surface area contributed by atoms with Crippen LogP contribution in [0.25, 0.3) is 11.0 Å². The van der Waals surface area contributed by atoms with E-state index in [1.54, 1.807) is 0 Å². The van der Waals surface area contributed by atoms with Gasteiger partial charge in [-0.2, -0.15) is 0 Å². The largest absolute Gasteiger partial charge is 0.399 e. The van der Waals surface area contributed by atoms with Crippen molar-refractivity contribution in [3.8, 4) is 0 Å². The minimum Gasteiger partial charge on any atom is -0.399 e. The van der Waals surface area contributed by atoms with Crippen molar-refractivity contribution in [1.82, 2.24) is 15.0 Å². The normalized spacial score (nSPS) is 16.6. The zero-order valence-corrected chi connectivity index (χ0v) is 7.14. The molecular weight excluding hydrogens is 164 g/mol. The Bertz CT molecular complexity index is 456. The molecular formula is C9H10N4. The van der Waals surface area contributed by atoms with Gasteiger partial charge >= 0.3 is 0 Å². The van der Waals surface area contributed by atoms with Crippen LogP contribution in [0.5, 0.6) is 0 Å². The lowest BCUT2D eigenvalue weighted by Gasteiger charge is -1.97. The van der Waals surface area contributed by atoms with Crippen molar-refractivity contribution in [3.05, 3.63) is 18.2 Å². The van der Waals surface area contributed by atoms with Crippen LogP contribution in [-0.2, 0) is 0 Å². The van der Waals surface area contributed by atoms with Crippen LogP contribution in [0.4, 0.5) is 5.69 Å². The van der Waals surface area contributed by atoms with E-state index in [9.17, 15) is 0 Å². The summed E-state index contributed by atoms with van der Waals surface area (Å²) in [5.74, 6) is 0. The van der Waals surface area contributed by atoms with Crippen LogP contribution < -0.4 is 5.73 Å². The lowest BCUT2D eigenvalue weighted by atomic mass is 10.3. The SMILES string of the molecule is Nc1ccc2c(c1)nnn2C1CC1. The van der Waals surface area contributed by atoms with Crippen LogP contribution in [0.15, 0.2) is 18.2 Å². The van der Waals surface area contributed by atoms with Gasteiger partial charge in [-0.15, -0.1) is 5.10 Å². The highest BCUT2D eigenvalue weighted by Gasteiger charge is 2.26. The molecule has 4 heteroatoms. The van der Waals surface area contributed by atoms with Crippen LogP contribution in [0.3, 0.4) is 0 Å². The molecule has 1 aromatic carbocycles. The Hall–Kier alpha value is -1.58. The van der Waals surface area contributed by atoms with Gasteiger partial charge in [0.25, 0.3) is 0 Å². The van der Waals surface area contributed by atoms with Gasteiger partial charge in [0.2, 0.25) is 0 Å². The Balaban J connectivity index is 2.26. The van der Waals surface area contributed by atoms with Crippen molar-refractivity contribution < 1.29 is 0 Å². The first kappa shape index (κ1) is 6.88. The molecule has 0 bridgehead atoms. The monoisotopic (exact) mass is 174 g/mol. The van der Waals surface area contributed by atoms with Crippen molar-refractivity contribution in [2.24, 2.45) is 0 Å². The van der Waals surface area contributed by atoms with Gasteiger partial charge in [-0.05, 0) is 31.0 Å². The van der Waals surface area contributed by atoms with Crippen LogP contribution in [-0.4, -0.2) is 15.0 Å². The molecule has 1 heterocycles. The third-order valence-corrected chi connectivity index (χ3v) is 2.39. The molecule has 66 valence electrons. The summed E-state index contributed by atoms with van der Waals surface area (Å²) in [5.41, 5.74) is 8.38. The van der Waals surface area contributed by atoms with Crippen LogP contribution in [0.2, 0.25) is 0 Å². The third-order valence-electron chi connectivity index (χ3n) is 2.39. The lowest BCUT2D eigenvalue weighted by molar-refractivity contribution is 0.630. The first-order chi connectivity index (χ1) is 6.34. The molecule has 0 spiro atoms. The van der Waals surface area contributed by atoms with Gasteiger partial charge < -0.3 is 5.73 Å². The van der Waals surface area contributed by atoms with Crippen LogP contribution >= 0.6 is 0 Å². The standard InChI is InChI=1S/C9H10N4/c10-6-1-4-9-8(5-6)11-12-13(9)7-2-3-7/h1,4-5,7H,2-3,10H2. The fraction of sp³-hybridized carbons (Fsp3) is 0.333. The van der Waals surface area contributed by atoms with E-state index in [0.717, 1.165) is 16.7 Å². The summed E-state index contributed by atoms with van der Waals surface area (Å²) in [7, 11) is 0. The van der Waals surface area contributed by atoms with Gasteiger partial charge in [-0.3, -0.25) is 0 Å². The summed E-state index contributed by atoms with van der Waals surface area (Å²) in [6, 6.07) is 6.32. The molecule has 1 fully saturated rings. The Morgan fingerprint density at radius 3 is 3.00 bits per heavy atom. The highest BCUT2D eigenvalue weighted by Crippen LogP contribution is 2.36. The summed E-state index contributed by atoms with van der Waals surface area (Å²) < 4.78 is 1.99. The number of nitrogen functional groups attached to an aromatic ring is 1. The second kappa shape index (κ2) is 2.22. The molecule has 0 atom stereocenters. The van der Waals surface area contributed by atoms with Gasteiger partial charge in [-0.1, -0.05) is 5.21 Å². The van der Waals surface area contributed by atoms with E-state index in [2.05, 4.69) is 10.3 Å². The van der Waals surface area contributed by atoms with E-state index in [4.69, 9.17) is 5.73 Å². The molecule has 3 rings (SSSR count). The number of benzene rings is 1. The summed E-state index contributed by atoms with van der Waals surface area (Å²) in [5, 5.41) is 8.18. The van der Waals surface area contributed by atoms with Crippen LogP contribution in [0.1, 0.15) is 18.9 Å². The Morgan fingerprint density at radius 1 is 1.38 bits per heavy atom. The zero-order valence-electron chi connectivity index (χ0n) is 7.14. The Labute approximate surface area is 75.3 Å². The molecule has 1 aromatic heterocycles. The number of rotatable bonds is 1. The van der Waals surface area contributed by atoms with E-state index < -0.39 is 0 Å². The third kappa shape index (κ3) is 0.983. The topological polar surface area (TPSA) is 56.7 Å². The molecule has 0 unspecified atom stereocenters. The average Bonchev–Trinajstić information content (AvgIpc) is 2.87. The molecule has 0 radical (unpaired) electrons. The number of nitrogens with two attached hydrogens (primary N) is 1. The molecule has 4 nitrogen and oxygen atoms in total. The number of fused-ring (bicyclic) bond motifs is 1. The van der Waals surface area contributed by atoms with E-state index in [0.29, 0.717) is 6.04 Å². The summed E-state index contributed by atoms with van der Waals surface area (Å²) in [6.45, 7) is 0. The van der Waals surface area contributed by atoms with Gasteiger partial charge in [0.1, 0.15) is 5.52 Å². The number of hydrogen-bond donors (Lipinski definition) is 1. The van der Waals surface area contributed by atoms with Crippen molar-refractivity contribution in [1.29, 1.82) is 0 Å². The quantitative estimate of drug-likeness (QED) is 0.664. The fourth-order valence-corrected chi connectivity index (χ4v) is 1.55. The van der Waals surface area contributed by atoms with Crippen molar-refractivity contribution >= 4 is 16.7 Å². The van der Waals surface area contributed by atoms with E-state index in [1.807, 2.05) is 22.9 Å². The molecule has 1 aliphatic rings. The smallest absolute Gasteiger partial charge is 0.115 e. The maximum atomic E-state index is 5.65. The van der Waals surface area contributed by atoms with E-state index in [-0.39, 0.29) is 0 Å². The first-order valence-corrected chi connectivity index (χ1v) is 4.45. The number of hydrogen-bond acceptors (Lipinski definition) is 3. The van der Waals surface area contributed by atoms with Gasteiger partial charge in [0, 0.05) is 5.69 Å². The first-order valence-electron chi connectivity index (χ1n) is 4.45. The van der Waals surface area contributed by atoms with E-state index >= 15 is 0 Å². The van der Waals surface area contributed by atoms with Crippen molar-refractivity contribution in [2.75, 3.05) is 5.73 Å². The second-order valence-corrected chi connectivity index (χ2v) is 3.51. The highest BCUT2D eigenvalue weighted by atomic mass is 15.4. The molecule has 2 N–H and O–H groups in total. The fourth-order valence-electron chi connectivity index (χ4n) is 1.55. The maximum absolute atomic E-state index is 5.65. The van der Waals surface area contributed by atoms with Gasteiger partial charge in [0.05, 0.1) is 11.6 Å². The van der Waals surface area contributed by atoms with Gasteiger partial charge in [-0.25, -0.2) is 4.68 Å². The number of aromatic nitrogens is 3. The zero-order chi connectivity index (χ0) is 8.84. The highest BCUT2D eigenvalue weighted by molar-refractivity contribution is 5.78.